The Balaban J connectivity index is 3.35. The Morgan fingerprint density at radius 1 is 1.50 bits per heavy atom. The standard InChI is InChI=1S/C9H8BrNO3/c1-5(12)11-7-4-2-3-6(10)8(13)9(7)14/h2-4H,1H3,(H2,11,12,13,14). The van der Waals surface area contributed by atoms with Crippen molar-refractivity contribution in [1.29, 1.82) is 0 Å². The highest BCUT2D eigenvalue weighted by molar-refractivity contribution is 9.10. The molecule has 14 heavy (non-hydrogen) atoms. The Morgan fingerprint density at radius 3 is 2.71 bits per heavy atom. The van der Waals surface area contributed by atoms with Crippen molar-refractivity contribution in [3.8, 4) is 5.75 Å². The topological polar surface area (TPSA) is 66.4 Å². The molecule has 0 saturated carbocycles. The number of aromatic hydroxyl groups is 1. The molecule has 0 spiro atoms. The lowest BCUT2D eigenvalue weighted by Gasteiger charge is -1.96. The second-order valence-corrected chi connectivity index (χ2v) is 3.50. The lowest BCUT2D eigenvalue weighted by Crippen LogP contribution is -2.13. The van der Waals surface area contributed by atoms with Crippen molar-refractivity contribution in [2.75, 3.05) is 5.32 Å². The van der Waals surface area contributed by atoms with E-state index in [2.05, 4.69) is 21.2 Å². The third-order valence-electron chi connectivity index (χ3n) is 1.50. The fraction of sp³-hybridized carbons (Fsp3) is 0.111. The number of carbonyl (C=O) groups excluding carboxylic acids is 1. The molecule has 0 aliphatic carbocycles. The van der Waals surface area contributed by atoms with Crippen LogP contribution in [0.3, 0.4) is 0 Å². The number of hydrogen-bond donors (Lipinski definition) is 2. The Hall–Kier alpha value is -1.36. The molecule has 0 radical (unpaired) electrons. The van der Waals surface area contributed by atoms with Gasteiger partial charge in [0.05, 0.1) is 10.2 Å². The second-order valence-electron chi connectivity index (χ2n) is 2.65. The van der Waals surface area contributed by atoms with Crippen LogP contribution in [0.5, 0.6) is 5.75 Å². The van der Waals surface area contributed by atoms with E-state index in [1.54, 1.807) is 6.07 Å². The van der Waals surface area contributed by atoms with E-state index in [0.29, 0.717) is 4.47 Å². The monoisotopic (exact) mass is 257 g/mol. The number of rotatable bonds is 1. The smallest absolute Gasteiger partial charge is 0.244 e. The van der Waals surface area contributed by atoms with Crippen LogP contribution in [0.15, 0.2) is 27.5 Å². The van der Waals surface area contributed by atoms with Crippen LogP contribution in [0.25, 0.3) is 0 Å². The molecule has 4 nitrogen and oxygen atoms in total. The van der Waals surface area contributed by atoms with Gasteiger partial charge in [-0.25, -0.2) is 0 Å². The first-order valence-corrected chi connectivity index (χ1v) is 4.61. The van der Waals surface area contributed by atoms with Crippen molar-refractivity contribution >= 4 is 27.5 Å². The first-order chi connectivity index (χ1) is 6.52. The van der Waals surface area contributed by atoms with E-state index in [9.17, 15) is 14.7 Å². The molecule has 1 amide bonds. The quantitative estimate of drug-likeness (QED) is 0.801. The molecule has 0 aliphatic heterocycles. The minimum Gasteiger partial charge on any atom is -0.503 e. The molecular formula is C9H8BrNO3. The number of carbonyl (C=O) groups is 1. The summed E-state index contributed by atoms with van der Waals surface area (Å²) in [5.41, 5.74) is -0.558. The number of hydrogen-bond acceptors (Lipinski definition) is 3. The lowest BCUT2D eigenvalue weighted by atomic mass is 10.4. The number of anilines is 1. The zero-order chi connectivity index (χ0) is 10.7. The van der Waals surface area contributed by atoms with Gasteiger partial charge in [0, 0.05) is 6.92 Å². The van der Waals surface area contributed by atoms with Gasteiger partial charge in [-0.05, 0) is 28.1 Å². The molecule has 0 aliphatic rings. The summed E-state index contributed by atoms with van der Waals surface area (Å²) in [7, 11) is 0. The van der Waals surface area contributed by atoms with Crippen LogP contribution in [0.4, 0.5) is 5.69 Å². The summed E-state index contributed by atoms with van der Waals surface area (Å²) in [5, 5.41) is 11.7. The molecule has 5 heteroatoms. The normalized spacial score (nSPS) is 9.57. The van der Waals surface area contributed by atoms with Crippen molar-refractivity contribution in [3.63, 3.8) is 0 Å². The second kappa shape index (κ2) is 4.23. The third kappa shape index (κ3) is 2.32. The van der Waals surface area contributed by atoms with Gasteiger partial charge < -0.3 is 10.4 Å². The van der Waals surface area contributed by atoms with Crippen LogP contribution in [-0.2, 0) is 4.79 Å². The van der Waals surface area contributed by atoms with Crippen molar-refractivity contribution < 1.29 is 9.90 Å². The highest BCUT2D eigenvalue weighted by atomic mass is 79.9. The molecular weight excluding hydrogens is 250 g/mol. The summed E-state index contributed by atoms with van der Waals surface area (Å²) in [4.78, 5) is 22.2. The predicted molar refractivity (Wildman–Crippen MR) is 56.4 cm³/mol. The summed E-state index contributed by atoms with van der Waals surface area (Å²) >= 11 is 3.01. The maximum atomic E-state index is 11.4. The van der Waals surface area contributed by atoms with Gasteiger partial charge in [0.25, 0.3) is 0 Å². The molecule has 1 aromatic rings. The molecule has 0 atom stereocenters. The molecule has 74 valence electrons. The van der Waals surface area contributed by atoms with Gasteiger partial charge in [-0.1, -0.05) is 6.07 Å². The van der Waals surface area contributed by atoms with Crippen molar-refractivity contribution in [2.45, 2.75) is 6.92 Å². The first kappa shape index (κ1) is 10.7. The van der Waals surface area contributed by atoms with Crippen LogP contribution in [0.2, 0.25) is 0 Å². The lowest BCUT2D eigenvalue weighted by molar-refractivity contribution is -0.114. The van der Waals surface area contributed by atoms with E-state index in [4.69, 9.17) is 0 Å². The van der Waals surface area contributed by atoms with Gasteiger partial charge in [0.1, 0.15) is 0 Å². The minimum absolute atomic E-state index is 0.0562. The number of nitrogens with one attached hydrogen (secondary N) is 1. The van der Waals surface area contributed by atoms with E-state index >= 15 is 0 Å². The fourth-order valence-electron chi connectivity index (χ4n) is 0.908. The SMILES string of the molecule is CC(=O)Nc1cccc(Br)c(O)c1=O. The number of amides is 1. The highest BCUT2D eigenvalue weighted by Crippen LogP contribution is 2.19. The average Bonchev–Trinajstić information content (AvgIpc) is 2.21. The van der Waals surface area contributed by atoms with Crippen LogP contribution in [-0.4, -0.2) is 11.0 Å². The molecule has 0 bridgehead atoms. The van der Waals surface area contributed by atoms with Crippen molar-refractivity contribution in [1.82, 2.24) is 0 Å². The summed E-state index contributed by atoms with van der Waals surface area (Å²) in [5.74, 6) is -0.775. The average molecular weight is 258 g/mol. The van der Waals surface area contributed by atoms with Gasteiger partial charge in [-0.2, -0.15) is 0 Å². The van der Waals surface area contributed by atoms with E-state index in [0.717, 1.165) is 0 Å². The molecule has 0 unspecified atom stereocenters. The minimum atomic E-state index is -0.614. The van der Waals surface area contributed by atoms with Gasteiger partial charge in [-0.3, -0.25) is 9.59 Å². The van der Waals surface area contributed by atoms with E-state index in [-0.39, 0.29) is 11.6 Å². The summed E-state index contributed by atoms with van der Waals surface area (Å²) in [6.07, 6.45) is 0. The largest absolute Gasteiger partial charge is 0.503 e. The van der Waals surface area contributed by atoms with E-state index < -0.39 is 11.2 Å². The first-order valence-electron chi connectivity index (χ1n) is 3.81. The molecule has 1 aromatic carbocycles. The van der Waals surface area contributed by atoms with E-state index in [1.165, 1.54) is 19.1 Å². The molecule has 2 N–H and O–H groups in total. The predicted octanol–water partition coefficient (Wildman–Crippen LogP) is 1.47. The van der Waals surface area contributed by atoms with Gasteiger partial charge in [0.2, 0.25) is 11.3 Å². The molecule has 0 aromatic heterocycles. The molecule has 0 heterocycles. The Kier molecular flexibility index (Phi) is 3.24. The van der Waals surface area contributed by atoms with Crippen molar-refractivity contribution in [2.24, 2.45) is 0 Å². The Bertz CT molecular complexity index is 431. The van der Waals surface area contributed by atoms with Gasteiger partial charge in [-0.15, -0.1) is 0 Å². The maximum absolute atomic E-state index is 11.4. The molecule has 0 saturated heterocycles. The van der Waals surface area contributed by atoms with Gasteiger partial charge >= 0.3 is 0 Å². The third-order valence-corrected chi connectivity index (χ3v) is 2.14. The fourth-order valence-corrected chi connectivity index (χ4v) is 1.24. The Morgan fingerprint density at radius 2 is 2.14 bits per heavy atom. The van der Waals surface area contributed by atoms with Crippen LogP contribution in [0, 0.1) is 0 Å². The molecule has 1 rings (SSSR count). The highest BCUT2D eigenvalue weighted by Gasteiger charge is 2.06. The van der Waals surface area contributed by atoms with Gasteiger partial charge in [0.15, 0.2) is 5.75 Å². The zero-order valence-corrected chi connectivity index (χ0v) is 8.96. The molecule has 0 fully saturated rings. The summed E-state index contributed by atoms with van der Waals surface area (Å²) < 4.78 is 0.291. The van der Waals surface area contributed by atoms with Crippen LogP contribution in [0.1, 0.15) is 6.92 Å². The summed E-state index contributed by atoms with van der Waals surface area (Å²) in [6.45, 7) is 1.29. The number of halogens is 1. The van der Waals surface area contributed by atoms with Crippen LogP contribution < -0.4 is 10.7 Å². The zero-order valence-electron chi connectivity index (χ0n) is 7.37. The van der Waals surface area contributed by atoms with Crippen molar-refractivity contribution in [3.05, 3.63) is 32.9 Å². The van der Waals surface area contributed by atoms with Crippen LogP contribution >= 0.6 is 15.9 Å². The Labute approximate surface area is 88.7 Å². The maximum Gasteiger partial charge on any atom is 0.244 e. The van der Waals surface area contributed by atoms with E-state index in [1.807, 2.05) is 0 Å². The summed E-state index contributed by atoms with van der Waals surface area (Å²) in [6, 6.07) is 4.49.